The van der Waals surface area contributed by atoms with E-state index in [1.165, 1.54) is 0 Å². The zero-order chi connectivity index (χ0) is 16.8. The Bertz CT molecular complexity index is 530. The van der Waals surface area contributed by atoms with E-state index in [4.69, 9.17) is 0 Å². The molecule has 1 aliphatic rings. The van der Waals surface area contributed by atoms with Gasteiger partial charge in [-0.05, 0) is 25.8 Å². The highest BCUT2D eigenvalue weighted by Crippen LogP contribution is 2.22. The summed E-state index contributed by atoms with van der Waals surface area (Å²) in [6, 6.07) is 10.0. The van der Waals surface area contributed by atoms with Gasteiger partial charge in [-0.1, -0.05) is 30.3 Å². The van der Waals surface area contributed by atoms with Crippen LogP contribution >= 0.6 is 0 Å². The number of likely N-dealkylation sites (tertiary alicyclic amines) is 1. The largest absolute Gasteiger partial charge is 0.396 e. The lowest BCUT2D eigenvalue weighted by Gasteiger charge is -2.21. The van der Waals surface area contributed by atoms with Crippen molar-refractivity contribution in [1.29, 1.82) is 0 Å². The summed E-state index contributed by atoms with van der Waals surface area (Å²) in [4.78, 5) is 26.0. The predicted octanol–water partition coefficient (Wildman–Crippen LogP) is 1.53. The molecule has 126 valence electrons. The molecule has 2 rings (SSSR count). The van der Waals surface area contributed by atoms with Crippen molar-refractivity contribution in [2.24, 2.45) is 5.92 Å². The highest BCUT2D eigenvalue weighted by atomic mass is 16.3. The second kappa shape index (κ2) is 8.11. The van der Waals surface area contributed by atoms with Crippen molar-refractivity contribution in [2.75, 3.05) is 19.7 Å². The van der Waals surface area contributed by atoms with Crippen LogP contribution in [0.4, 0.5) is 0 Å². The van der Waals surface area contributed by atoms with Crippen LogP contribution in [-0.4, -0.2) is 47.6 Å². The number of amides is 2. The van der Waals surface area contributed by atoms with Crippen LogP contribution in [0.15, 0.2) is 30.3 Å². The lowest BCUT2D eigenvalue weighted by atomic mass is 9.95. The first kappa shape index (κ1) is 17.5. The molecule has 5 nitrogen and oxygen atoms in total. The predicted molar refractivity (Wildman–Crippen MR) is 88.9 cm³/mol. The fraction of sp³-hybridized carbons (Fsp3) is 0.556. The quantitative estimate of drug-likeness (QED) is 0.801. The molecule has 5 heteroatoms. The van der Waals surface area contributed by atoms with Gasteiger partial charge < -0.3 is 15.3 Å². The van der Waals surface area contributed by atoms with Crippen LogP contribution in [0.5, 0.6) is 0 Å². The molecule has 2 amide bonds. The van der Waals surface area contributed by atoms with Crippen molar-refractivity contribution >= 4 is 11.8 Å². The Morgan fingerprint density at radius 3 is 2.61 bits per heavy atom. The molecule has 1 aromatic rings. The average molecular weight is 318 g/mol. The summed E-state index contributed by atoms with van der Waals surface area (Å²) in [6.45, 7) is 4.99. The summed E-state index contributed by atoms with van der Waals surface area (Å²) >= 11 is 0. The molecular formula is C18H26N2O3. The van der Waals surface area contributed by atoms with Gasteiger partial charge in [0.15, 0.2) is 0 Å². The number of aliphatic hydroxyl groups is 1. The van der Waals surface area contributed by atoms with E-state index < -0.39 is 0 Å². The van der Waals surface area contributed by atoms with Crippen molar-refractivity contribution in [2.45, 2.75) is 38.6 Å². The van der Waals surface area contributed by atoms with Crippen LogP contribution in [0.2, 0.25) is 0 Å². The SMILES string of the molecule is CC(C)N1CC(C(=O)NCC(CCO)c2ccccc2)CC1=O. The van der Waals surface area contributed by atoms with Gasteiger partial charge in [0.1, 0.15) is 0 Å². The first-order chi connectivity index (χ1) is 11.0. The highest BCUT2D eigenvalue weighted by Gasteiger charge is 2.35. The minimum atomic E-state index is -0.268. The van der Waals surface area contributed by atoms with Gasteiger partial charge in [-0.15, -0.1) is 0 Å². The Hall–Kier alpha value is -1.88. The van der Waals surface area contributed by atoms with Gasteiger partial charge in [0, 0.05) is 38.1 Å². The summed E-state index contributed by atoms with van der Waals surface area (Å²) in [5.41, 5.74) is 1.10. The van der Waals surface area contributed by atoms with E-state index in [-0.39, 0.29) is 36.3 Å². The second-order valence-electron chi connectivity index (χ2n) is 6.41. The summed E-state index contributed by atoms with van der Waals surface area (Å²) < 4.78 is 0. The average Bonchev–Trinajstić information content (AvgIpc) is 2.94. The van der Waals surface area contributed by atoms with Crippen LogP contribution < -0.4 is 5.32 Å². The smallest absolute Gasteiger partial charge is 0.225 e. The number of nitrogens with zero attached hydrogens (tertiary/aromatic N) is 1. The molecule has 0 radical (unpaired) electrons. The highest BCUT2D eigenvalue weighted by molar-refractivity contribution is 5.89. The summed E-state index contributed by atoms with van der Waals surface area (Å²) in [6.07, 6.45) is 0.895. The minimum absolute atomic E-state index is 0.0510. The zero-order valence-electron chi connectivity index (χ0n) is 13.9. The third-order valence-corrected chi connectivity index (χ3v) is 4.42. The molecule has 0 bridgehead atoms. The van der Waals surface area contributed by atoms with Gasteiger partial charge in [0.05, 0.1) is 5.92 Å². The molecule has 0 saturated carbocycles. The lowest BCUT2D eigenvalue weighted by molar-refractivity contribution is -0.129. The molecule has 1 saturated heterocycles. The Labute approximate surface area is 137 Å². The second-order valence-corrected chi connectivity index (χ2v) is 6.41. The van der Waals surface area contributed by atoms with E-state index in [0.29, 0.717) is 25.9 Å². The molecule has 0 aromatic heterocycles. The molecule has 2 unspecified atom stereocenters. The van der Waals surface area contributed by atoms with E-state index >= 15 is 0 Å². The van der Waals surface area contributed by atoms with Crippen molar-refractivity contribution in [1.82, 2.24) is 10.2 Å². The van der Waals surface area contributed by atoms with Crippen molar-refractivity contribution in [3.63, 3.8) is 0 Å². The molecule has 23 heavy (non-hydrogen) atoms. The molecule has 1 fully saturated rings. The summed E-state index contributed by atoms with van der Waals surface area (Å²) in [7, 11) is 0. The molecule has 1 heterocycles. The summed E-state index contributed by atoms with van der Waals surface area (Å²) in [5.74, 6) is -0.200. The number of rotatable bonds is 7. The Balaban J connectivity index is 1.91. The molecule has 1 aromatic carbocycles. The third kappa shape index (κ3) is 4.55. The van der Waals surface area contributed by atoms with E-state index in [1.54, 1.807) is 4.90 Å². The van der Waals surface area contributed by atoms with Crippen molar-refractivity contribution in [3.05, 3.63) is 35.9 Å². The van der Waals surface area contributed by atoms with Crippen molar-refractivity contribution < 1.29 is 14.7 Å². The number of nitrogens with one attached hydrogen (secondary N) is 1. The normalized spacial score (nSPS) is 19.2. The maximum atomic E-state index is 12.3. The van der Waals surface area contributed by atoms with Gasteiger partial charge in [-0.25, -0.2) is 0 Å². The minimum Gasteiger partial charge on any atom is -0.396 e. The topological polar surface area (TPSA) is 69.6 Å². The molecular weight excluding hydrogens is 292 g/mol. The van der Waals surface area contributed by atoms with Crippen LogP contribution in [0.25, 0.3) is 0 Å². The molecule has 0 spiro atoms. The van der Waals surface area contributed by atoms with E-state index in [1.807, 2.05) is 44.2 Å². The van der Waals surface area contributed by atoms with Gasteiger partial charge in [-0.3, -0.25) is 9.59 Å². The molecule has 1 aliphatic heterocycles. The van der Waals surface area contributed by atoms with Crippen LogP contribution in [-0.2, 0) is 9.59 Å². The third-order valence-electron chi connectivity index (χ3n) is 4.42. The molecule has 2 atom stereocenters. The number of benzene rings is 1. The number of hydrogen-bond acceptors (Lipinski definition) is 3. The fourth-order valence-electron chi connectivity index (χ4n) is 3.04. The standard InChI is InChI=1S/C18H26N2O3/c1-13(2)20-12-16(10-17(20)22)18(23)19-11-15(8-9-21)14-6-4-3-5-7-14/h3-7,13,15-16,21H,8-12H2,1-2H3,(H,19,23). The van der Waals surface area contributed by atoms with E-state index in [0.717, 1.165) is 5.56 Å². The van der Waals surface area contributed by atoms with E-state index in [9.17, 15) is 14.7 Å². The number of aliphatic hydroxyl groups excluding tert-OH is 1. The first-order valence-electron chi connectivity index (χ1n) is 8.26. The first-order valence-corrected chi connectivity index (χ1v) is 8.26. The number of hydrogen-bond donors (Lipinski definition) is 2. The van der Waals surface area contributed by atoms with Gasteiger partial charge in [0.2, 0.25) is 11.8 Å². The Kier molecular flexibility index (Phi) is 6.16. The molecule has 0 aliphatic carbocycles. The van der Waals surface area contributed by atoms with Crippen molar-refractivity contribution in [3.8, 4) is 0 Å². The lowest BCUT2D eigenvalue weighted by Crippen LogP contribution is -2.37. The van der Waals surface area contributed by atoms with Gasteiger partial charge in [-0.2, -0.15) is 0 Å². The van der Waals surface area contributed by atoms with E-state index in [2.05, 4.69) is 5.32 Å². The van der Waals surface area contributed by atoms with Gasteiger partial charge >= 0.3 is 0 Å². The number of carbonyl (C=O) groups is 2. The maximum absolute atomic E-state index is 12.3. The van der Waals surface area contributed by atoms with Crippen LogP contribution in [0.1, 0.15) is 38.2 Å². The fourth-order valence-corrected chi connectivity index (χ4v) is 3.04. The van der Waals surface area contributed by atoms with Gasteiger partial charge in [0.25, 0.3) is 0 Å². The van der Waals surface area contributed by atoms with Crippen LogP contribution in [0, 0.1) is 5.92 Å². The Morgan fingerprint density at radius 2 is 2.04 bits per heavy atom. The summed E-state index contributed by atoms with van der Waals surface area (Å²) in [5, 5.41) is 12.2. The Morgan fingerprint density at radius 1 is 1.35 bits per heavy atom. The molecule has 2 N–H and O–H groups in total. The zero-order valence-corrected chi connectivity index (χ0v) is 13.9. The maximum Gasteiger partial charge on any atom is 0.225 e. The monoisotopic (exact) mass is 318 g/mol. The number of carbonyl (C=O) groups excluding carboxylic acids is 2. The van der Waals surface area contributed by atoms with Crippen LogP contribution in [0.3, 0.4) is 0 Å².